The van der Waals surface area contributed by atoms with Gasteiger partial charge in [0.15, 0.2) is 4.77 Å². The van der Waals surface area contributed by atoms with E-state index in [0.717, 1.165) is 0 Å². The summed E-state index contributed by atoms with van der Waals surface area (Å²) in [5.41, 5.74) is 0.594. The van der Waals surface area contributed by atoms with Gasteiger partial charge in [0.2, 0.25) is 5.88 Å². The number of nitrogens with zero attached hydrogens (tertiary/aromatic N) is 1. The molecule has 1 aromatic heterocycles. The Morgan fingerprint density at radius 2 is 1.94 bits per heavy atom. The van der Waals surface area contributed by atoms with E-state index in [9.17, 15) is 9.90 Å². The number of hydrogen-bond acceptors (Lipinski definition) is 3. The molecule has 0 aliphatic carbocycles. The van der Waals surface area contributed by atoms with Gasteiger partial charge in [-0.3, -0.25) is 14.3 Å². The van der Waals surface area contributed by atoms with E-state index in [-0.39, 0.29) is 21.8 Å². The maximum absolute atomic E-state index is 11.3. The topological polar surface area (TPSA) is 58.0 Å². The normalized spacial score (nSPS) is 10.3. The molecule has 2 N–H and O–H groups in total. The third-order valence-corrected chi connectivity index (χ3v) is 2.61. The van der Waals surface area contributed by atoms with Gasteiger partial charge in [-0.25, -0.2) is 0 Å². The van der Waals surface area contributed by atoms with E-state index in [1.165, 1.54) is 4.57 Å². The summed E-state index contributed by atoms with van der Waals surface area (Å²) in [6.45, 7) is 1.54. The van der Waals surface area contributed by atoms with Crippen LogP contribution in [-0.4, -0.2) is 14.7 Å². The van der Waals surface area contributed by atoms with E-state index >= 15 is 0 Å². The van der Waals surface area contributed by atoms with Crippen molar-refractivity contribution in [3.05, 3.63) is 51.0 Å². The van der Waals surface area contributed by atoms with Crippen LogP contribution < -0.4 is 5.56 Å². The number of aromatic amines is 1. The molecular formula is C11H10N2O2S. The molecule has 1 heterocycles. The van der Waals surface area contributed by atoms with Crippen LogP contribution in [-0.2, 0) is 0 Å². The van der Waals surface area contributed by atoms with Gasteiger partial charge in [-0.05, 0) is 31.3 Å². The second-order valence-electron chi connectivity index (χ2n) is 3.38. The molecule has 2 aromatic rings. The van der Waals surface area contributed by atoms with Crippen LogP contribution in [0.3, 0.4) is 0 Å². The van der Waals surface area contributed by atoms with Gasteiger partial charge in [-0.2, -0.15) is 0 Å². The van der Waals surface area contributed by atoms with Gasteiger partial charge >= 0.3 is 0 Å². The van der Waals surface area contributed by atoms with Crippen LogP contribution >= 0.6 is 12.2 Å². The number of aromatic hydroxyl groups is 1. The molecule has 0 aliphatic rings. The molecule has 2 rings (SSSR count). The van der Waals surface area contributed by atoms with E-state index < -0.39 is 0 Å². The predicted octanol–water partition coefficient (Wildman–Crippen LogP) is 1.91. The maximum Gasteiger partial charge on any atom is 0.258 e. The van der Waals surface area contributed by atoms with Gasteiger partial charge in [-0.1, -0.05) is 18.2 Å². The van der Waals surface area contributed by atoms with Crippen molar-refractivity contribution in [2.24, 2.45) is 0 Å². The Balaban J connectivity index is 2.82. The van der Waals surface area contributed by atoms with Gasteiger partial charge in [0, 0.05) is 0 Å². The average molecular weight is 234 g/mol. The average Bonchev–Trinajstić information content (AvgIpc) is 2.28. The molecule has 0 bridgehead atoms. The van der Waals surface area contributed by atoms with Crippen molar-refractivity contribution < 1.29 is 5.11 Å². The molecule has 0 saturated carbocycles. The Morgan fingerprint density at radius 3 is 2.56 bits per heavy atom. The Hall–Kier alpha value is -1.88. The molecule has 0 radical (unpaired) electrons. The van der Waals surface area contributed by atoms with E-state index in [1.807, 2.05) is 18.2 Å². The molecule has 82 valence electrons. The zero-order valence-electron chi connectivity index (χ0n) is 8.60. The van der Waals surface area contributed by atoms with Crippen LogP contribution in [0.5, 0.6) is 5.88 Å². The summed E-state index contributed by atoms with van der Waals surface area (Å²) in [4.78, 5) is 13.9. The van der Waals surface area contributed by atoms with Crippen molar-refractivity contribution in [3.63, 3.8) is 0 Å². The van der Waals surface area contributed by atoms with Crippen LogP contribution in [0.4, 0.5) is 0 Å². The predicted molar refractivity (Wildman–Crippen MR) is 63.6 cm³/mol. The molecule has 0 amide bonds. The third kappa shape index (κ3) is 1.65. The second kappa shape index (κ2) is 3.94. The first kappa shape index (κ1) is 10.6. The van der Waals surface area contributed by atoms with Crippen molar-refractivity contribution in [2.75, 3.05) is 0 Å². The first-order valence-electron chi connectivity index (χ1n) is 4.71. The fourth-order valence-electron chi connectivity index (χ4n) is 1.43. The summed E-state index contributed by atoms with van der Waals surface area (Å²) in [6.07, 6.45) is 0. The number of H-pyrrole nitrogens is 1. The Bertz CT molecular complexity index is 629. The minimum atomic E-state index is -0.366. The van der Waals surface area contributed by atoms with Crippen LogP contribution in [0.15, 0.2) is 35.1 Å². The molecule has 4 nitrogen and oxygen atoms in total. The largest absolute Gasteiger partial charge is 0.494 e. The minimum Gasteiger partial charge on any atom is -0.494 e. The lowest BCUT2D eigenvalue weighted by Crippen LogP contribution is -2.15. The number of para-hydroxylation sites is 1. The first-order chi connectivity index (χ1) is 7.61. The monoisotopic (exact) mass is 234 g/mol. The SMILES string of the molecule is Cc1c(O)n(-c2ccccc2)c(=S)[nH]c1=O. The highest BCUT2D eigenvalue weighted by molar-refractivity contribution is 7.71. The number of benzene rings is 1. The van der Waals surface area contributed by atoms with Gasteiger partial charge in [-0.15, -0.1) is 0 Å². The van der Waals surface area contributed by atoms with Crippen LogP contribution in [0.2, 0.25) is 0 Å². The van der Waals surface area contributed by atoms with Crippen molar-refractivity contribution in [1.82, 2.24) is 9.55 Å². The molecule has 16 heavy (non-hydrogen) atoms. The van der Waals surface area contributed by atoms with E-state index in [2.05, 4.69) is 4.98 Å². The molecule has 0 spiro atoms. The molecule has 0 unspecified atom stereocenters. The van der Waals surface area contributed by atoms with Crippen molar-refractivity contribution in [3.8, 4) is 11.6 Å². The zero-order chi connectivity index (χ0) is 11.7. The lowest BCUT2D eigenvalue weighted by molar-refractivity contribution is 0.428. The smallest absolute Gasteiger partial charge is 0.258 e. The maximum atomic E-state index is 11.3. The summed E-state index contributed by atoms with van der Waals surface area (Å²) in [5, 5.41) is 9.89. The molecule has 0 saturated heterocycles. The van der Waals surface area contributed by atoms with E-state index in [0.29, 0.717) is 5.69 Å². The van der Waals surface area contributed by atoms with Crippen LogP contribution in [0, 0.1) is 11.7 Å². The number of aromatic nitrogens is 2. The number of hydrogen-bond donors (Lipinski definition) is 2. The Kier molecular flexibility index (Phi) is 2.62. The van der Waals surface area contributed by atoms with Crippen molar-refractivity contribution >= 4 is 12.2 Å². The van der Waals surface area contributed by atoms with Crippen molar-refractivity contribution in [2.45, 2.75) is 6.92 Å². The summed E-state index contributed by atoms with van der Waals surface area (Å²) in [7, 11) is 0. The molecular weight excluding hydrogens is 224 g/mol. The quantitative estimate of drug-likeness (QED) is 0.741. The standard InChI is InChI=1S/C11H10N2O2S/c1-7-9(14)12-11(16)13(10(7)15)8-5-3-2-4-6-8/h2-6,15H,1H3,(H,12,14,16). The lowest BCUT2D eigenvalue weighted by atomic mass is 10.3. The number of nitrogens with one attached hydrogen (secondary N) is 1. The van der Waals surface area contributed by atoms with E-state index in [4.69, 9.17) is 12.2 Å². The summed E-state index contributed by atoms with van der Waals surface area (Å²) >= 11 is 5.02. The first-order valence-corrected chi connectivity index (χ1v) is 5.12. The molecule has 0 atom stereocenters. The molecule has 0 fully saturated rings. The van der Waals surface area contributed by atoms with Gasteiger partial charge in [0.25, 0.3) is 5.56 Å². The van der Waals surface area contributed by atoms with Crippen LogP contribution in [0.1, 0.15) is 5.56 Å². The van der Waals surface area contributed by atoms with Gasteiger partial charge in [0.05, 0.1) is 11.3 Å². The second-order valence-corrected chi connectivity index (χ2v) is 3.77. The summed E-state index contributed by atoms with van der Waals surface area (Å²) in [6, 6.07) is 9.12. The Morgan fingerprint density at radius 1 is 1.31 bits per heavy atom. The van der Waals surface area contributed by atoms with E-state index in [1.54, 1.807) is 19.1 Å². The minimum absolute atomic E-state index is 0.125. The highest BCUT2D eigenvalue weighted by Gasteiger charge is 2.09. The number of rotatable bonds is 1. The molecule has 1 aromatic carbocycles. The molecule has 5 heteroatoms. The van der Waals surface area contributed by atoms with Gasteiger partial charge < -0.3 is 5.11 Å². The highest BCUT2D eigenvalue weighted by Crippen LogP contribution is 2.17. The lowest BCUT2D eigenvalue weighted by Gasteiger charge is -2.10. The fraction of sp³-hybridized carbons (Fsp3) is 0.0909. The van der Waals surface area contributed by atoms with Crippen LogP contribution in [0.25, 0.3) is 5.69 Å². The highest BCUT2D eigenvalue weighted by atomic mass is 32.1. The Labute approximate surface area is 96.8 Å². The summed E-state index contributed by atoms with van der Waals surface area (Å²) in [5.74, 6) is -0.125. The third-order valence-electron chi connectivity index (χ3n) is 2.33. The summed E-state index contributed by atoms with van der Waals surface area (Å²) < 4.78 is 1.60. The zero-order valence-corrected chi connectivity index (χ0v) is 9.41. The van der Waals surface area contributed by atoms with Crippen molar-refractivity contribution in [1.29, 1.82) is 0 Å². The van der Waals surface area contributed by atoms with Gasteiger partial charge in [0.1, 0.15) is 0 Å². The molecule has 0 aliphatic heterocycles. The fourth-order valence-corrected chi connectivity index (χ4v) is 1.71.